The molecule has 0 atom stereocenters. The van der Waals surface area contributed by atoms with Gasteiger partial charge in [0.2, 0.25) is 11.7 Å². The van der Waals surface area contributed by atoms with Gasteiger partial charge in [-0.1, -0.05) is 0 Å². The lowest BCUT2D eigenvalue weighted by Crippen LogP contribution is -2.37. The van der Waals surface area contributed by atoms with Crippen molar-refractivity contribution in [2.45, 2.75) is 0 Å². The summed E-state index contributed by atoms with van der Waals surface area (Å²) in [4.78, 5) is 57.9. The average molecular weight is 505 g/mol. The van der Waals surface area contributed by atoms with E-state index in [2.05, 4.69) is 31.2 Å². The van der Waals surface area contributed by atoms with E-state index in [1.54, 1.807) is 68.4 Å². The van der Waals surface area contributed by atoms with Crippen LogP contribution >= 0.6 is 0 Å². The minimum atomic E-state index is -0.472. The van der Waals surface area contributed by atoms with Crippen LogP contribution in [-0.2, 0) is 25.9 Å². The molecule has 13 nitrogen and oxygen atoms in total. The van der Waals surface area contributed by atoms with Crippen molar-refractivity contribution < 1.29 is 19.2 Å². The molecule has 0 spiro atoms. The lowest BCUT2D eigenvalue weighted by molar-refractivity contribution is -0.118. The number of nitrogens with one attached hydrogen (secondary N) is 4. The predicted molar refractivity (Wildman–Crippen MR) is 134 cm³/mol. The molecule has 1 aliphatic rings. The first-order valence-electron chi connectivity index (χ1n) is 11.3. The predicted octanol–water partition coefficient (Wildman–Crippen LogP) is 0.248. The lowest BCUT2D eigenvalue weighted by Gasteiger charge is -2.09. The summed E-state index contributed by atoms with van der Waals surface area (Å²) in [6.45, 7) is 0.451. The molecule has 0 saturated heterocycles. The molecule has 3 aromatic heterocycles. The zero-order valence-corrected chi connectivity index (χ0v) is 20.5. The molecule has 4 amide bonds. The molecule has 0 bridgehead atoms. The molecule has 37 heavy (non-hydrogen) atoms. The Balaban J connectivity index is 1.30. The average Bonchev–Trinajstić information content (AvgIpc) is 3.64. The standard InChI is InChI=1S/C24H26N9O4/c1-31-11-10-25-19(31)24(37)28-16-12-17(32(2)13-16)22(35)30-18-14-33(3)20(29-18)23(36)27-9-8-26-21(34)15-6-4-5-7-15/h4-7,10-14H,8-9H2,1-3H3,(H,26,34)(H,27,36)(H,28,37)(H,30,35). The zero-order chi connectivity index (χ0) is 26.5. The van der Waals surface area contributed by atoms with Crippen LogP contribution in [0.2, 0.25) is 0 Å². The molecule has 4 N–H and O–H groups in total. The second kappa shape index (κ2) is 11.1. The summed E-state index contributed by atoms with van der Waals surface area (Å²) in [5, 5.41) is 10.8. The zero-order valence-electron chi connectivity index (χ0n) is 20.5. The first-order valence-corrected chi connectivity index (χ1v) is 11.3. The van der Waals surface area contributed by atoms with Crippen LogP contribution in [0.25, 0.3) is 0 Å². The molecule has 0 aromatic carbocycles. The van der Waals surface area contributed by atoms with E-state index >= 15 is 0 Å². The van der Waals surface area contributed by atoms with Crippen LogP contribution < -0.4 is 21.3 Å². The van der Waals surface area contributed by atoms with Crippen molar-refractivity contribution in [3.05, 3.63) is 79.8 Å². The second-order valence-corrected chi connectivity index (χ2v) is 8.24. The number of aryl methyl sites for hydroxylation is 3. The van der Waals surface area contributed by atoms with E-state index < -0.39 is 17.7 Å². The summed E-state index contributed by atoms with van der Waals surface area (Å²) < 4.78 is 4.63. The third-order valence-corrected chi connectivity index (χ3v) is 5.46. The number of carbonyl (C=O) groups excluding carboxylic acids is 4. The smallest absolute Gasteiger partial charge is 0.291 e. The van der Waals surface area contributed by atoms with E-state index in [1.165, 1.54) is 23.0 Å². The lowest BCUT2D eigenvalue weighted by atomic mass is 10.1. The molecule has 13 heteroatoms. The molecule has 1 aliphatic carbocycles. The summed E-state index contributed by atoms with van der Waals surface area (Å²) in [6.07, 6.45) is 13.2. The van der Waals surface area contributed by atoms with Gasteiger partial charge in [0.1, 0.15) is 5.69 Å². The van der Waals surface area contributed by atoms with Crippen LogP contribution in [0.4, 0.5) is 11.5 Å². The van der Waals surface area contributed by atoms with Gasteiger partial charge in [-0.15, -0.1) is 0 Å². The maximum Gasteiger partial charge on any atom is 0.291 e. The number of amides is 4. The van der Waals surface area contributed by atoms with Crippen molar-refractivity contribution in [2.75, 3.05) is 23.7 Å². The van der Waals surface area contributed by atoms with Crippen LogP contribution in [0.15, 0.2) is 30.9 Å². The van der Waals surface area contributed by atoms with Crippen LogP contribution in [0.5, 0.6) is 0 Å². The van der Waals surface area contributed by atoms with Crippen LogP contribution in [-0.4, -0.2) is 60.4 Å². The third kappa shape index (κ3) is 6.05. The number of hydrogen-bond donors (Lipinski definition) is 4. The fraction of sp³-hybridized carbons (Fsp3) is 0.208. The topological polar surface area (TPSA) is 157 Å². The number of carbonyl (C=O) groups is 4. The maximum absolute atomic E-state index is 12.8. The minimum Gasteiger partial charge on any atom is -0.354 e. The van der Waals surface area contributed by atoms with E-state index in [0.717, 1.165) is 0 Å². The normalized spacial score (nSPS) is 13.4. The molecular weight excluding hydrogens is 478 g/mol. The van der Waals surface area contributed by atoms with Gasteiger partial charge in [-0.3, -0.25) is 19.2 Å². The van der Waals surface area contributed by atoms with Gasteiger partial charge in [0.15, 0.2) is 11.6 Å². The summed E-state index contributed by atoms with van der Waals surface area (Å²) in [5.74, 6) is -0.495. The van der Waals surface area contributed by atoms with Crippen LogP contribution in [0, 0.1) is 31.6 Å². The quantitative estimate of drug-likeness (QED) is 0.306. The molecular formula is C24H26N9O4. The summed E-state index contributed by atoms with van der Waals surface area (Å²) >= 11 is 0. The highest BCUT2D eigenvalue weighted by Gasteiger charge is 2.24. The maximum atomic E-state index is 12.8. The van der Waals surface area contributed by atoms with Crippen LogP contribution in [0.3, 0.4) is 0 Å². The molecule has 0 unspecified atom stereocenters. The second-order valence-electron chi connectivity index (χ2n) is 8.24. The molecule has 0 aliphatic heterocycles. The fourth-order valence-electron chi connectivity index (χ4n) is 3.61. The molecule has 191 valence electrons. The summed E-state index contributed by atoms with van der Waals surface area (Å²) in [7, 11) is 5.00. The monoisotopic (exact) mass is 504 g/mol. The molecule has 1 saturated carbocycles. The molecule has 3 aromatic rings. The third-order valence-electron chi connectivity index (χ3n) is 5.46. The van der Waals surface area contributed by atoms with E-state index in [-0.39, 0.29) is 42.2 Å². The van der Waals surface area contributed by atoms with Gasteiger partial charge < -0.3 is 35.0 Å². The number of nitrogens with zero attached hydrogens (tertiary/aromatic N) is 5. The highest BCUT2D eigenvalue weighted by molar-refractivity contribution is 6.06. The van der Waals surface area contributed by atoms with E-state index in [0.29, 0.717) is 11.6 Å². The van der Waals surface area contributed by atoms with Gasteiger partial charge in [0.05, 0.1) is 11.6 Å². The van der Waals surface area contributed by atoms with Gasteiger partial charge in [0.25, 0.3) is 17.7 Å². The Labute approximate surface area is 213 Å². The molecule has 3 heterocycles. The minimum absolute atomic E-state index is 0.0903. The summed E-state index contributed by atoms with van der Waals surface area (Å²) in [6, 6.07) is 1.52. The first kappa shape index (κ1) is 25.7. The Morgan fingerprint density at radius 3 is 2.16 bits per heavy atom. The van der Waals surface area contributed by atoms with Gasteiger partial charge in [0, 0.05) is 59.0 Å². The number of hydrogen-bond acceptors (Lipinski definition) is 6. The molecule has 4 rings (SSSR count). The van der Waals surface area contributed by atoms with Crippen LogP contribution in [0.1, 0.15) is 31.7 Å². The molecule has 5 radical (unpaired) electrons. The highest BCUT2D eigenvalue weighted by atomic mass is 16.2. The molecule has 1 fully saturated rings. The van der Waals surface area contributed by atoms with Gasteiger partial charge in [-0.25, -0.2) is 9.97 Å². The SMILES string of the molecule is Cn1cc(NC(=O)c2nccn2C)cc1C(=O)Nc1cn(C)c(C(=O)NCCNC(=O)[C]2[CH][CH][CH][CH]2)n1. The summed E-state index contributed by atoms with van der Waals surface area (Å²) in [5.41, 5.74) is 0.694. The van der Waals surface area contributed by atoms with Crippen molar-refractivity contribution in [1.29, 1.82) is 0 Å². The number of aromatic nitrogens is 5. The van der Waals surface area contributed by atoms with Crippen molar-refractivity contribution in [2.24, 2.45) is 21.1 Å². The highest BCUT2D eigenvalue weighted by Crippen LogP contribution is 2.22. The van der Waals surface area contributed by atoms with E-state index in [4.69, 9.17) is 0 Å². The Morgan fingerprint density at radius 2 is 1.49 bits per heavy atom. The Kier molecular flexibility index (Phi) is 7.70. The largest absolute Gasteiger partial charge is 0.354 e. The Hall–Kier alpha value is -4.42. The number of anilines is 2. The van der Waals surface area contributed by atoms with Crippen molar-refractivity contribution in [3.8, 4) is 0 Å². The Bertz CT molecular complexity index is 1310. The Morgan fingerprint density at radius 1 is 0.784 bits per heavy atom. The number of rotatable bonds is 9. The van der Waals surface area contributed by atoms with Crippen molar-refractivity contribution in [3.63, 3.8) is 0 Å². The van der Waals surface area contributed by atoms with Gasteiger partial charge in [-0.05, 0) is 31.7 Å². The first-order chi connectivity index (χ1) is 17.7. The van der Waals surface area contributed by atoms with E-state index in [1.807, 2.05) is 0 Å². The fourth-order valence-corrected chi connectivity index (χ4v) is 3.61. The van der Waals surface area contributed by atoms with Gasteiger partial charge >= 0.3 is 0 Å². The van der Waals surface area contributed by atoms with E-state index in [9.17, 15) is 19.2 Å². The van der Waals surface area contributed by atoms with Crippen molar-refractivity contribution >= 4 is 35.1 Å². The number of imidazole rings is 2. The van der Waals surface area contributed by atoms with Crippen molar-refractivity contribution in [1.82, 2.24) is 34.3 Å². The van der Waals surface area contributed by atoms with Gasteiger partial charge in [-0.2, -0.15) is 0 Å².